The molecule has 0 saturated carbocycles. The molecule has 1 aliphatic rings. The van der Waals surface area contributed by atoms with Gasteiger partial charge >= 0.3 is 12.1 Å². The second kappa shape index (κ2) is 6.51. The van der Waals surface area contributed by atoms with Gasteiger partial charge in [0, 0.05) is 12.5 Å². The molecule has 1 heterocycles. The number of amides is 1. The SMILES string of the molecule is C=CC[C@]1(C)[C@@H](OC)CN(C(=O)OC(C)(C)C)[C@]1(C)C(=O)OC. The molecule has 1 rings (SSSR count). The third-order valence-electron chi connectivity index (χ3n) is 4.76. The monoisotopic (exact) mass is 327 g/mol. The summed E-state index contributed by atoms with van der Waals surface area (Å²) in [5.41, 5.74) is -2.54. The van der Waals surface area contributed by atoms with Crippen LogP contribution in [0.15, 0.2) is 12.7 Å². The molecule has 3 atom stereocenters. The first kappa shape index (κ1) is 19.5. The Morgan fingerprint density at radius 3 is 2.26 bits per heavy atom. The zero-order chi connectivity index (χ0) is 18.1. The zero-order valence-corrected chi connectivity index (χ0v) is 15.3. The first-order chi connectivity index (χ1) is 10.5. The highest BCUT2D eigenvalue weighted by Gasteiger charge is 2.65. The van der Waals surface area contributed by atoms with Gasteiger partial charge < -0.3 is 14.2 Å². The number of carbonyl (C=O) groups excluding carboxylic acids is 2. The summed E-state index contributed by atoms with van der Waals surface area (Å²) in [6.07, 6.45) is 1.33. The van der Waals surface area contributed by atoms with E-state index in [2.05, 4.69) is 6.58 Å². The van der Waals surface area contributed by atoms with Crippen LogP contribution in [0.25, 0.3) is 0 Å². The number of hydrogen-bond donors (Lipinski definition) is 0. The minimum absolute atomic E-state index is 0.251. The number of carbonyl (C=O) groups is 2. The molecule has 0 bridgehead atoms. The van der Waals surface area contributed by atoms with E-state index in [0.29, 0.717) is 6.42 Å². The van der Waals surface area contributed by atoms with Crippen LogP contribution in [0, 0.1) is 5.41 Å². The number of likely N-dealkylation sites (tertiary alicyclic amines) is 1. The first-order valence-corrected chi connectivity index (χ1v) is 7.70. The molecule has 1 fully saturated rings. The summed E-state index contributed by atoms with van der Waals surface area (Å²) in [7, 11) is 2.89. The summed E-state index contributed by atoms with van der Waals surface area (Å²) in [5.74, 6) is -0.493. The summed E-state index contributed by atoms with van der Waals surface area (Å²) in [5, 5.41) is 0. The molecular weight excluding hydrogens is 298 g/mol. The average molecular weight is 327 g/mol. The predicted molar refractivity (Wildman–Crippen MR) is 87.1 cm³/mol. The van der Waals surface area contributed by atoms with Crippen LogP contribution < -0.4 is 0 Å². The third-order valence-corrected chi connectivity index (χ3v) is 4.76. The fraction of sp³-hybridized carbons (Fsp3) is 0.765. The van der Waals surface area contributed by atoms with Gasteiger partial charge in [-0.1, -0.05) is 13.0 Å². The molecule has 1 amide bonds. The van der Waals surface area contributed by atoms with Crippen molar-refractivity contribution in [2.45, 2.75) is 58.3 Å². The minimum Gasteiger partial charge on any atom is -0.467 e. The molecule has 132 valence electrons. The molecule has 0 aromatic carbocycles. The van der Waals surface area contributed by atoms with E-state index in [1.165, 1.54) is 12.0 Å². The maximum absolute atomic E-state index is 12.7. The standard InChI is InChI=1S/C17H29NO5/c1-9-10-16(5)12(21-7)11-18(14(20)23-15(2,3)4)17(16,6)13(19)22-8/h9,12H,1,10-11H2,2-8H3/t12-,16+,17+/m0/s1. The van der Waals surface area contributed by atoms with Crippen LogP contribution >= 0.6 is 0 Å². The fourth-order valence-electron chi connectivity index (χ4n) is 3.25. The molecule has 0 aromatic heterocycles. The van der Waals surface area contributed by atoms with E-state index in [-0.39, 0.29) is 12.6 Å². The molecule has 23 heavy (non-hydrogen) atoms. The van der Waals surface area contributed by atoms with E-state index in [4.69, 9.17) is 14.2 Å². The molecule has 0 unspecified atom stereocenters. The molecule has 1 aliphatic heterocycles. The lowest BCUT2D eigenvalue weighted by Gasteiger charge is -2.43. The highest BCUT2D eigenvalue weighted by molar-refractivity contribution is 5.87. The molecule has 0 spiro atoms. The van der Waals surface area contributed by atoms with E-state index in [9.17, 15) is 9.59 Å². The molecule has 0 aromatic rings. The largest absolute Gasteiger partial charge is 0.467 e. The van der Waals surface area contributed by atoms with Gasteiger partial charge in [0.25, 0.3) is 0 Å². The van der Waals surface area contributed by atoms with Crippen LogP contribution in [0.3, 0.4) is 0 Å². The van der Waals surface area contributed by atoms with E-state index in [1.54, 1.807) is 40.9 Å². The molecular formula is C17H29NO5. The Hall–Kier alpha value is -1.56. The molecule has 6 nitrogen and oxygen atoms in total. The van der Waals surface area contributed by atoms with Gasteiger partial charge in [-0.05, 0) is 34.1 Å². The summed E-state index contributed by atoms with van der Waals surface area (Å²) in [6.45, 7) is 13.0. The lowest BCUT2D eigenvalue weighted by atomic mass is 9.68. The Kier molecular flexibility index (Phi) is 5.52. The summed E-state index contributed by atoms with van der Waals surface area (Å²) >= 11 is 0. The Morgan fingerprint density at radius 2 is 1.87 bits per heavy atom. The van der Waals surface area contributed by atoms with Gasteiger partial charge in [0.2, 0.25) is 0 Å². The molecule has 1 saturated heterocycles. The first-order valence-electron chi connectivity index (χ1n) is 7.70. The Labute approximate surface area is 138 Å². The summed E-state index contributed by atoms with van der Waals surface area (Å²) in [4.78, 5) is 26.7. The topological polar surface area (TPSA) is 65.1 Å². The third kappa shape index (κ3) is 3.22. The molecule has 6 heteroatoms. The predicted octanol–water partition coefficient (Wildman–Crippen LogP) is 2.77. The van der Waals surface area contributed by atoms with Crippen molar-refractivity contribution in [2.75, 3.05) is 20.8 Å². The Morgan fingerprint density at radius 1 is 1.30 bits per heavy atom. The second-order valence-corrected chi connectivity index (χ2v) is 7.29. The van der Waals surface area contributed by atoms with Crippen LogP contribution in [-0.2, 0) is 19.0 Å². The van der Waals surface area contributed by atoms with Crippen molar-refractivity contribution < 1.29 is 23.8 Å². The van der Waals surface area contributed by atoms with E-state index >= 15 is 0 Å². The van der Waals surface area contributed by atoms with Gasteiger partial charge in [0.15, 0.2) is 0 Å². The van der Waals surface area contributed by atoms with Crippen molar-refractivity contribution >= 4 is 12.1 Å². The lowest BCUT2D eigenvalue weighted by Crippen LogP contribution is -2.60. The maximum atomic E-state index is 12.7. The number of ether oxygens (including phenoxy) is 3. The normalized spacial score (nSPS) is 30.9. The molecule has 0 N–H and O–H groups in total. The fourth-order valence-corrected chi connectivity index (χ4v) is 3.25. The molecule has 0 aliphatic carbocycles. The van der Waals surface area contributed by atoms with Crippen molar-refractivity contribution in [2.24, 2.45) is 5.41 Å². The number of rotatable bonds is 4. The highest BCUT2D eigenvalue weighted by atomic mass is 16.6. The lowest BCUT2D eigenvalue weighted by molar-refractivity contribution is -0.159. The highest BCUT2D eigenvalue weighted by Crippen LogP contribution is 2.50. The Bertz CT molecular complexity index is 484. The van der Waals surface area contributed by atoms with Crippen molar-refractivity contribution in [3.05, 3.63) is 12.7 Å². The van der Waals surface area contributed by atoms with Crippen LogP contribution in [0.4, 0.5) is 4.79 Å². The van der Waals surface area contributed by atoms with E-state index < -0.39 is 28.6 Å². The average Bonchev–Trinajstić information content (AvgIpc) is 2.66. The number of allylic oxidation sites excluding steroid dienone is 1. The number of esters is 1. The summed E-state index contributed by atoms with van der Waals surface area (Å²) in [6, 6.07) is 0. The summed E-state index contributed by atoms with van der Waals surface area (Å²) < 4.78 is 16.1. The van der Waals surface area contributed by atoms with Gasteiger partial charge in [0.05, 0.1) is 19.8 Å². The minimum atomic E-state index is -1.21. The van der Waals surface area contributed by atoms with Gasteiger partial charge in [0.1, 0.15) is 11.1 Å². The number of nitrogens with zero attached hydrogens (tertiary/aromatic N) is 1. The van der Waals surface area contributed by atoms with Gasteiger partial charge in [-0.15, -0.1) is 6.58 Å². The second-order valence-electron chi connectivity index (χ2n) is 7.29. The van der Waals surface area contributed by atoms with Crippen LogP contribution in [0.2, 0.25) is 0 Å². The smallest absolute Gasteiger partial charge is 0.411 e. The zero-order valence-electron chi connectivity index (χ0n) is 15.3. The van der Waals surface area contributed by atoms with Gasteiger partial charge in [-0.3, -0.25) is 4.90 Å². The van der Waals surface area contributed by atoms with Crippen molar-refractivity contribution in [1.29, 1.82) is 0 Å². The Balaban J connectivity index is 3.37. The quantitative estimate of drug-likeness (QED) is 0.587. The van der Waals surface area contributed by atoms with Gasteiger partial charge in [-0.2, -0.15) is 0 Å². The van der Waals surface area contributed by atoms with Crippen molar-refractivity contribution in [3.63, 3.8) is 0 Å². The van der Waals surface area contributed by atoms with Gasteiger partial charge in [-0.25, -0.2) is 9.59 Å². The van der Waals surface area contributed by atoms with E-state index in [1.807, 2.05) is 6.92 Å². The van der Waals surface area contributed by atoms with Crippen LogP contribution in [-0.4, -0.2) is 55.0 Å². The van der Waals surface area contributed by atoms with Crippen LogP contribution in [0.1, 0.15) is 41.0 Å². The number of methoxy groups -OCH3 is 2. The van der Waals surface area contributed by atoms with Crippen LogP contribution in [0.5, 0.6) is 0 Å². The van der Waals surface area contributed by atoms with Crippen molar-refractivity contribution in [3.8, 4) is 0 Å². The van der Waals surface area contributed by atoms with Crippen molar-refractivity contribution in [1.82, 2.24) is 4.90 Å². The maximum Gasteiger partial charge on any atom is 0.411 e. The van der Waals surface area contributed by atoms with E-state index in [0.717, 1.165) is 0 Å². The number of hydrogen-bond acceptors (Lipinski definition) is 5. The molecule has 0 radical (unpaired) electrons.